The van der Waals surface area contributed by atoms with Crippen molar-refractivity contribution in [1.82, 2.24) is 5.32 Å². The minimum Gasteiger partial charge on any atom is -0.460 e. The van der Waals surface area contributed by atoms with Crippen LogP contribution in [0.1, 0.15) is 72.6 Å². The van der Waals surface area contributed by atoms with E-state index in [1.807, 2.05) is 78.8 Å². The molecule has 34 heavy (non-hydrogen) atoms. The molecule has 0 saturated carbocycles. The molecule has 1 aliphatic heterocycles. The number of esters is 2. The fourth-order valence-corrected chi connectivity index (χ4v) is 3.87. The number of aryl methyl sites for hydroxylation is 1. The molecule has 0 unspecified atom stereocenters. The number of benzene rings is 1. The van der Waals surface area contributed by atoms with Crippen LogP contribution in [0.3, 0.4) is 0 Å². The number of nitrogens with one attached hydrogen (secondary N) is 1. The van der Waals surface area contributed by atoms with Crippen LogP contribution >= 0.6 is 0 Å². The molecule has 0 spiro atoms. The van der Waals surface area contributed by atoms with E-state index in [1.165, 1.54) is 0 Å². The van der Waals surface area contributed by atoms with Gasteiger partial charge in [-0.25, -0.2) is 9.59 Å². The minimum atomic E-state index is -0.773. The lowest BCUT2D eigenvalue weighted by molar-refractivity contribution is -0.151. The Bertz CT molecular complexity index is 1100. The second-order valence-corrected chi connectivity index (χ2v) is 10.7. The Hall–Kier alpha value is -3.28. The third-order valence-electron chi connectivity index (χ3n) is 5.25. The van der Waals surface area contributed by atoms with Crippen molar-refractivity contribution in [1.29, 1.82) is 0 Å². The maximum Gasteiger partial charge on any atom is 0.337 e. The van der Waals surface area contributed by atoms with E-state index in [0.29, 0.717) is 34.1 Å². The van der Waals surface area contributed by atoms with Crippen molar-refractivity contribution in [3.63, 3.8) is 0 Å². The first kappa shape index (κ1) is 25.3. The minimum absolute atomic E-state index is 0.325. The van der Waals surface area contributed by atoms with Gasteiger partial charge in [0.1, 0.15) is 22.7 Å². The van der Waals surface area contributed by atoms with Crippen molar-refractivity contribution in [2.45, 2.75) is 79.4 Å². The van der Waals surface area contributed by atoms with Crippen molar-refractivity contribution < 1.29 is 23.5 Å². The number of ether oxygens (including phenoxy) is 2. The normalized spacial score (nSPS) is 15.3. The molecule has 0 amide bonds. The number of furan rings is 1. The molecular formula is C28H35NO5. The fraction of sp³-hybridized carbons (Fsp3) is 0.429. The molecule has 2 aromatic rings. The summed E-state index contributed by atoms with van der Waals surface area (Å²) in [5.74, 6) is -0.674. The summed E-state index contributed by atoms with van der Waals surface area (Å²) in [5.41, 5.74) is 2.52. The predicted octanol–water partition coefficient (Wildman–Crippen LogP) is 6.17. The molecule has 6 nitrogen and oxygen atoms in total. The lowest BCUT2D eigenvalue weighted by Crippen LogP contribution is -2.36. The van der Waals surface area contributed by atoms with Crippen molar-refractivity contribution in [2.24, 2.45) is 0 Å². The first-order valence-electron chi connectivity index (χ1n) is 11.5. The van der Waals surface area contributed by atoms with Crippen LogP contribution in [-0.2, 0) is 19.1 Å². The Balaban J connectivity index is 2.13. The van der Waals surface area contributed by atoms with Gasteiger partial charge in [-0.3, -0.25) is 0 Å². The van der Waals surface area contributed by atoms with E-state index in [4.69, 9.17) is 13.9 Å². The van der Waals surface area contributed by atoms with Gasteiger partial charge in [0.05, 0.1) is 17.1 Å². The topological polar surface area (TPSA) is 77.8 Å². The standard InChI is InChI=1S/C28H35NO5/c1-16-10-12-19(13-11-16)20-14-15-21(32-20)24-22(25(30)33-27(4,5)6)17(2)29-18(3)23(24)26(31)34-28(7,8)9/h10-15,24,29H,1-9H3. The first-order valence-corrected chi connectivity index (χ1v) is 11.5. The average molecular weight is 466 g/mol. The van der Waals surface area contributed by atoms with Crippen LogP contribution in [0.25, 0.3) is 11.3 Å². The quantitative estimate of drug-likeness (QED) is 0.544. The van der Waals surface area contributed by atoms with Crippen LogP contribution in [0.15, 0.2) is 63.4 Å². The molecular weight excluding hydrogens is 430 g/mol. The van der Waals surface area contributed by atoms with Gasteiger partial charge in [0, 0.05) is 17.0 Å². The highest BCUT2D eigenvalue weighted by atomic mass is 16.6. The van der Waals surface area contributed by atoms with Crippen molar-refractivity contribution in [3.05, 3.63) is 70.3 Å². The van der Waals surface area contributed by atoms with Crippen molar-refractivity contribution in [3.8, 4) is 11.3 Å². The summed E-state index contributed by atoms with van der Waals surface area (Å²) >= 11 is 0. The fourth-order valence-electron chi connectivity index (χ4n) is 3.87. The van der Waals surface area contributed by atoms with Gasteiger partial charge in [-0.1, -0.05) is 29.8 Å². The zero-order valence-electron chi connectivity index (χ0n) is 21.6. The van der Waals surface area contributed by atoms with Gasteiger partial charge in [-0.2, -0.15) is 0 Å². The predicted molar refractivity (Wildman–Crippen MR) is 132 cm³/mol. The maximum atomic E-state index is 13.3. The van der Waals surface area contributed by atoms with Crippen LogP contribution in [0.5, 0.6) is 0 Å². The summed E-state index contributed by atoms with van der Waals surface area (Å²) in [6.45, 7) is 16.5. The van der Waals surface area contributed by atoms with E-state index in [-0.39, 0.29) is 0 Å². The lowest BCUT2D eigenvalue weighted by atomic mass is 9.83. The highest BCUT2D eigenvalue weighted by Crippen LogP contribution is 2.42. The largest absolute Gasteiger partial charge is 0.460 e. The molecule has 0 atom stereocenters. The van der Waals surface area contributed by atoms with Crippen LogP contribution in [0, 0.1) is 6.92 Å². The summed E-state index contributed by atoms with van der Waals surface area (Å²) in [6.07, 6.45) is 0. The molecule has 182 valence electrons. The average Bonchev–Trinajstić information content (AvgIpc) is 3.14. The summed E-state index contributed by atoms with van der Waals surface area (Å²) in [6, 6.07) is 11.6. The van der Waals surface area contributed by atoms with Crippen molar-refractivity contribution in [2.75, 3.05) is 0 Å². The van der Waals surface area contributed by atoms with Gasteiger partial charge in [-0.15, -0.1) is 0 Å². The Labute approximate surface area is 202 Å². The van der Waals surface area contributed by atoms with Crippen LogP contribution < -0.4 is 5.32 Å². The number of hydrogen-bond acceptors (Lipinski definition) is 6. The Kier molecular flexibility index (Phi) is 6.83. The van der Waals surface area contributed by atoms with E-state index in [0.717, 1.165) is 11.1 Å². The van der Waals surface area contributed by atoms with Crippen LogP contribution in [-0.4, -0.2) is 23.1 Å². The molecule has 0 fully saturated rings. The second-order valence-electron chi connectivity index (χ2n) is 10.7. The molecule has 6 heteroatoms. The highest BCUT2D eigenvalue weighted by molar-refractivity contribution is 6.00. The highest BCUT2D eigenvalue weighted by Gasteiger charge is 2.41. The van der Waals surface area contributed by atoms with E-state index in [1.54, 1.807) is 19.9 Å². The second kappa shape index (κ2) is 9.16. The molecule has 0 bridgehead atoms. The smallest absolute Gasteiger partial charge is 0.337 e. The summed E-state index contributed by atoms with van der Waals surface area (Å²) in [5, 5.41) is 3.17. The van der Waals surface area contributed by atoms with E-state index >= 15 is 0 Å². The molecule has 1 aromatic carbocycles. The summed E-state index contributed by atoms with van der Waals surface area (Å²) < 4.78 is 17.7. The lowest BCUT2D eigenvalue weighted by Gasteiger charge is -2.32. The maximum absolute atomic E-state index is 13.3. The van der Waals surface area contributed by atoms with Gasteiger partial charge in [0.25, 0.3) is 0 Å². The van der Waals surface area contributed by atoms with E-state index < -0.39 is 29.1 Å². The molecule has 1 aliphatic rings. The third-order valence-corrected chi connectivity index (χ3v) is 5.25. The number of hydrogen-bond donors (Lipinski definition) is 1. The van der Waals surface area contributed by atoms with Crippen LogP contribution in [0.4, 0.5) is 0 Å². The number of allylic oxidation sites excluding steroid dienone is 2. The van der Waals surface area contributed by atoms with Crippen LogP contribution in [0.2, 0.25) is 0 Å². The molecule has 1 aromatic heterocycles. The van der Waals surface area contributed by atoms with Gasteiger partial charge in [0.15, 0.2) is 0 Å². The summed E-state index contributed by atoms with van der Waals surface area (Å²) in [7, 11) is 0. The zero-order chi connectivity index (χ0) is 25.4. The Morgan fingerprint density at radius 3 is 1.68 bits per heavy atom. The van der Waals surface area contributed by atoms with E-state index in [9.17, 15) is 9.59 Å². The monoisotopic (exact) mass is 465 g/mol. The number of rotatable bonds is 4. The molecule has 0 saturated heterocycles. The molecule has 1 N–H and O–H groups in total. The van der Waals surface area contributed by atoms with Gasteiger partial charge in [-0.05, 0) is 74.4 Å². The van der Waals surface area contributed by atoms with E-state index in [2.05, 4.69) is 5.32 Å². The SMILES string of the molecule is CC1=C(C(=O)OC(C)(C)C)C(c2ccc(-c3ccc(C)cc3)o2)C(C(=O)OC(C)(C)C)=C(C)N1. The Morgan fingerprint density at radius 1 is 0.765 bits per heavy atom. The van der Waals surface area contributed by atoms with Gasteiger partial charge in [0.2, 0.25) is 0 Å². The first-order chi connectivity index (χ1) is 15.7. The zero-order valence-corrected chi connectivity index (χ0v) is 21.6. The number of carbonyl (C=O) groups is 2. The van der Waals surface area contributed by atoms with Gasteiger partial charge >= 0.3 is 11.9 Å². The summed E-state index contributed by atoms with van der Waals surface area (Å²) in [4.78, 5) is 26.7. The molecule has 3 rings (SSSR count). The number of dihydropyridines is 1. The molecule has 2 heterocycles. The van der Waals surface area contributed by atoms with Crippen molar-refractivity contribution >= 4 is 11.9 Å². The Morgan fingerprint density at radius 2 is 1.24 bits per heavy atom. The molecule has 0 aliphatic carbocycles. The third kappa shape index (κ3) is 5.79. The molecule has 0 radical (unpaired) electrons. The van der Waals surface area contributed by atoms with Gasteiger partial charge < -0.3 is 19.2 Å². The number of carbonyl (C=O) groups excluding carboxylic acids is 2.